The molecular weight excluding hydrogens is 320 g/mol. The average Bonchev–Trinajstić information content (AvgIpc) is 3.08. The van der Waals surface area contributed by atoms with Crippen molar-refractivity contribution in [3.63, 3.8) is 0 Å². The van der Waals surface area contributed by atoms with Gasteiger partial charge in [0, 0.05) is 37.6 Å². The van der Waals surface area contributed by atoms with Gasteiger partial charge < -0.3 is 19.7 Å². The molecule has 1 aromatic carbocycles. The Labute approximate surface area is 146 Å². The highest BCUT2D eigenvalue weighted by molar-refractivity contribution is 5.95. The predicted octanol–water partition coefficient (Wildman–Crippen LogP) is 1.56. The summed E-state index contributed by atoms with van der Waals surface area (Å²) in [6, 6.07) is 5.33. The van der Waals surface area contributed by atoms with Crippen molar-refractivity contribution in [3.8, 4) is 11.5 Å². The number of amides is 1. The number of fused-ring (bicyclic) bond motifs is 2. The van der Waals surface area contributed by atoms with E-state index in [2.05, 4.69) is 15.3 Å². The molecule has 0 radical (unpaired) electrons. The largest absolute Gasteiger partial charge is 0.454 e. The van der Waals surface area contributed by atoms with Gasteiger partial charge in [-0.3, -0.25) is 4.79 Å². The molecule has 130 valence electrons. The molecule has 2 aromatic rings. The van der Waals surface area contributed by atoms with E-state index in [4.69, 9.17) is 9.47 Å². The third-order valence-electron chi connectivity index (χ3n) is 4.51. The van der Waals surface area contributed by atoms with Crippen LogP contribution in [-0.2, 0) is 12.8 Å². The molecule has 2 heterocycles. The van der Waals surface area contributed by atoms with E-state index in [9.17, 15) is 4.79 Å². The van der Waals surface area contributed by atoms with E-state index in [0.717, 1.165) is 36.5 Å². The number of aryl methyl sites for hydroxylation is 1. The molecule has 1 aliphatic carbocycles. The van der Waals surface area contributed by atoms with E-state index in [0.29, 0.717) is 17.1 Å². The van der Waals surface area contributed by atoms with E-state index in [1.54, 1.807) is 18.2 Å². The van der Waals surface area contributed by atoms with Crippen molar-refractivity contribution in [2.24, 2.45) is 0 Å². The number of hydrogen-bond donors (Lipinski definition) is 1. The number of carbonyl (C=O) groups excluding carboxylic acids is 1. The first-order valence-corrected chi connectivity index (χ1v) is 8.33. The molecule has 7 nitrogen and oxygen atoms in total. The lowest BCUT2D eigenvalue weighted by atomic mass is 9.92. The zero-order valence-electron chi connectivity index (χ0n) is 14.3. The second kappa shape index (κ2) is 6.23. The van der Waals surface area contributed by atoms with Gasteiger partial charge >= 0.3 is 0 Å². The van der Waals surface area contributed by atoms with Crippen molar-refractivity contribution >= 4 is 11.9 Å². The molecule has 1 amide bonds. The van der Waals surface area contributed by atoms with Crippen LogP contribution in [0.1, 0.15) is 28.0 Å². The van der Waals surface area contributed by atoms with Crippen molar-refractivity contribution in [3.05, 3.63) is 41.2 Å². The summed E-state index contributed by atoms with van der Waals surface area (Å²) in [5.74, 6) is 1.92. The third kappa shape index (κ3) is 3.09. The monoisotopic (exact) mass is 340 g/mol. The summed E-state index contributed by atoms with van der Waals surface area (Å²) in [7, 11) is 3.86. The first-order chi connectivity index (χ1) is 12.1. The number of hydrogen-bond acceptors (Lipinski definition) is 6. The van der Waals surface area contributed by atoms with E-state index in [1.165, 1.54) is 0 Å². The molecule has 4 rings (SSSR count). The minimum absolute atomic E-state index is 0.0826. The van der Waals surface area contributed by atoms with Crippen LogP contribution in [0.3, 0.4) is 0 Å². The van der Waals surface area contributed by atoms with Crippen LogP contribution >= 0.6 is 0 Å². The van der Waals surface area contributed by atoms with Gasteiger partial charge in [-0.25, -0.2) is 9.97 Å². The third-order valence-corrected chi connectivity index (χ3v) is 4.51. The number of ether oxygens (including phenoxy) is 2. The van der Waals surface area contributed by atoms with E-state index < -0.39 is 0 Å². The standard InChI is InChI=1S/C18H20N4O3/c1-22(2)18-19-9-12-7-13(4-5-14(12)21-18)20-17(23)11-3-6-15-16(8-11)25-10-24-15/h3,6,8-9,13H,4-5,7,10H2,1-2H3,(H,20,23). The Kier molecular flexibility index (Phi) is 3.91. The second-order valence-corrected chi connectivity index (χ2v) is 6.52. The summed E-state index contributed by atoms with van der Waals surface area (Å²) in [6.07, 6.45) is 4.33. The molecule has 2 aliphatic rings. The molecule has 0 saturated heterocycles. The molecule has 7 heteroatoms. The van der Waals surface area contributed by atoms with E-state index in [-0.39, 0.29) is 18.7 Å². The molecule has 1 aliphatic heterocycles. The maximum atomic E-state index is 12.5. The van der Waals surface area contributed by atoms with Gasteiger partial charge in [-0.15, -0.1) is 0 Å². The van der Waals surface area contributed by atoms with E-state index >= 15 is 0 Å². The molecule has 1 unspecified atom stereocenters. The minimum Gasteiger partial charge on any atom is -0.454 e. The zero-order chi connectivity index (χ0) is 17.4. The van der Waals surface area contributed by atoms with Gasteiger partial charge in [-0.1, -0.05) is 0 Å². The Morgan fingerprint density at radius 2 is 2.12 bits per heavy atom. The predicted molar refractivity (Wildman–Crippen MR) is 92.2 cm³/mol. The summed E-state index contributed by atoms with van der Waals surface area (Å²) >= 11 is 0. The van der Waals surface area contributed by atoms with Crippen LogP contribution in [0.4, 0.5) is 5.95 Å². The average molecular weight is 340 g/mol. The number of nitrogens with one attached hydrogen (secondary N) is 1. The number of nitrogens with zero attached hydrogens (tertiary/aromatic N) is 3. The van der Waals surface area contributed by atoms with Crippen molar-refractivity contribution < 1.29 is 14.3 Å². The lowest BCUT2D eigenvalue weighted by molar-refractivity contribution is 0.0933. The Balaban J connectivity index is 1.44. The molecule has 1 aromatic heterocycles. The van der Waals surface area contributed by atoms with Gasteiger partial charge in [0.05, 0.1) is 0 Å². The van der Waals surface area contributed by atoms with Gasteiger partial charge in [-0.05, 0) is 43.0 Å². The van der Waals surface area contributed by atoms with Crippen LogP contribution in [-0.4, -0.2) is 42.8 Å². The maximum Gasteiger partial charge on any atom is 0.251 e. The van der Waals surface area contributed by atoms with Crippen LogP contribution < -0.4 is 19.7 Å². The summed E-state index contributed by atoms with van der Waals surface area (Å²) in [4.78, 5) is 23.4. The van der Waals surface area contributed by atoms with Crippen LogP contribution in [0.15, 0.2) is 24.4 Å². The summed E-state index contributed by atoms with van der Waals surface area (Å²) in [6.45, 7) is 0.203. The molecular formula is C18H20N4O3. The maximum absolute atomic E-state index is 12.5. The van der Waals surface area contributed by atoms with Gasteiger partial charge in [0.2, 0.25) is 12.7 Å². The Hall–Kier alpha value is -2.83. The molecule has 0 fully saturated rings. The molecule has 0 spiro atoms. The number of aromatic nitrogens is 2. The lowest BCUT2D eigenvalue weighted by Gasteiger charge is -2.25. The quantitative estimate of drug-likeness (QED) is 0.914. The fourth-order valence-electron chi connectivity index (χ4n) is 3.14. The summed E-state index contributed by atoms with van der Waals surface area (Å²) in [5.41, 5.74) is 2.76. The Morgan fingerprint density at radius 1 is 1.28 bits per heavy atom. The second-order valence-electron chi connectivity index (χ2n) is 6.52. The van der Waals surface area contributed by atoms with E-state index in [1.807, 2.05) is 25.2 Å². The summed E-state index contributed by atoms with van der Waals surface area (Å²) in [5, 5.41) is 3.10. The van der Waals surface area contributed by atoms with Gasteiger partial charge in [0.15, 0.2) is 11.5 Å². The zero-order valence-corrected chi connectivity index (χ0v) is 14.3. The van der Waals surface area contributed by atoms with Crippen molar-refractivity contribution in [2.75, 3.05) is 25.8 Å². The number of benzene rings is 1. The van der Waals surface area contributed by atoms with Gasteiger partial charge in [-0.2, -0.15) is 0 Å². The topological polar surface area (TPSA) is 76.6 Å². The van der Waals surface area contributed by atoms with Crippen LogP contribution in [0.5, 0.6) is 11.5 Å². The molecule has 0 bridgehead atoms. The fourth-order valence-corrected chi connectivity index (χ4v) is 3.14. The summed E-state index contributed by atoms with van der Waals surface area (Å²) < 4.78 is 10.6. The first-order valence-electron chi connectivity index (χ1n) is 8.33. The van der Waals surface area contributed by atoms with Crippen LogP contribution in [0.2, 0.25) is 0 Å². The van der Waals surface area contributed by atoms with Crippen molar-refractivity contribution in [1.82, 2.24) is 15.3 Å². The Morgan fingerprint density at radius 3 is 2.96 bits per heavy atom. The molecule has 25 heavy (non-hydrogen) atoms. The normalized spacial score (nSPS) is 17.8. The van der Waals surface area contributed by atoms with Crippen molar-refractivity contribution in [1.29, 1.82) is 0 Å². The van der Waals surface area contributed by atoms with Gasteiger partial charge in [0.25, 0.3) is 5.91 Å². The molecule has 0 saturated carbocycles. The minimum atomic E-state index is -0.0995. The number of rotatable bonds is 3. The first kappa shape index (κ1) is 15.7. The highest BCUT2D eigenvalue weighted by atomic mass is 16.7. The lowest BCUT2D eigenvalue weighted by Crippen LogP contribution is -2.39. The smallest absolute Gasteiger partial charge is 0.251 e. The highest BCUT2D eigenvalue weighted by Gasteiger charge is 2.23. The number of carbonyl (C=O) groups is 1. The molecule has 1 N–H and O–H groups in total. The van der Waals surface area contributed by atoms with Gasteiger partial charge in [0.1, 0.15) is 0 Å². The van der Waals surface area contributed by atoms with Crippen molar-refractivity contribution in [2.45, 2.75) is 25.3 Å². The highest BCUT2D eigenvalue weighted by Crippen LogP contribution is 2.32. The van der Waals surface area contributed by atoms with Crippen LogP contribution in [0.25, 0.3) is 0 Å². The SMILES string of the molecule is CN(C)c1ncc2c(n1)CCC(NC(=O)c1ccc3c(c1)OCO3)C2. The Bertz CT molecular complexity index is 822. The number of anilines is 1. The molecule has 1 atom stereocenters. The van der Waals surface area contributed by atoms with Crippen LogP contribution in [0, 0.1) is 0 Å². The fraction of sp³-hybridized carbons (Fsp3) is 0.389.